The summed E-state index contributed by atoms with van der Waals surface area (Å²) in [4.78, 5) is 14.1. The molecule has 18 heavy (non-hydrogen) atoms. The second-order valence-corrected chi connectivity index (χ2v) is 5.61. The molecule has 0 saturated carbocycles. The smallest absolute Gasteiger partial charge is 0.227 e. The molecule has 2 rings (SSSR count). The number of phenolic OH excluding ortho intramolecular Hbond substituents is 1. The van der Waals surface area contributed by atoms with Crippen molar-refractivity contribution in [2.75, 3.05) is 18.4 Å². The number of hydrogen-bond acceptors (Lipinski definition) is 2. The highest BCUT2D eigenvalue weighted by Gasteiger charge is 2.25. The third kappa shape index (κ3) is 3.48. The van der Waals surface area contributed by atoms with Gasteiger partial charge in [-0.1, -0.05) is 28.1 Å². The van der Waals surface area contributed by atoms with Crippen molar-refractivity contribution in [3.8, 4) is 5.75 Å². The maximum atomic E-state index is 12.1. The number of rotatable bonds is 4. The summed E-state index contributed by atoms with van der Waals surface area (Å²) in [7, 11) is 0. The first-order valence-electron chi connectivity index (χ1n) is 6.30. The van der Waals surface area contributed by atoms with Crippen LogP contribution >= 0.6 is 15.9 Å². The second-order valence-electron chi connectivity index (χ2n) is 4.82. The lowest BCUT2D eigenvalue weighted by molar-refractivity contribution is -0.129. The van der Waals surface area contributed by atoms with Crippen LogP contribution in [0.25, 0.3) is 0 Å². The van der Waals surface area contributed by atoms with Gasteiger partial charge in [0.2, 0.25) is 5.91 Å². The Morgan fingerprint density at radius 2 is 2.33 bits per heavy atom. The van der Waals surface area contributed by atoms with Crippen LogP contribution in [0.2, 0.25) is 0 Å². The van der Waals surface area contributed by atoms with Crippen molar-refractivity contribution in [1.29, 1.82) is 0 Å². The topological polar surface area (TPSA) is 40.5 Å². The van der Waals surface area contributed by atoms with Crippen LogP contribution in [-0.2, 0) is 11.2 Å². The standard InChI is InChI=1S/C14H18BrNO2/c15-6-4-11-5-7-16(10-11)14(18)9-12-2-1-3-13(17)8-12/h1-3,8,11,17H,4-7,9-10H2. The zero-order valence-corrected chi connectivity index (χ0v) is 11.9. The molecule has 1 aliphatic rings. The van der Waals surface area contributed by atoms with E-state index in [9.17, 15) is 9.90 Å². The maximum Gasteiger partial charge on any atom is 0.227 e. The van der Waals surface area contributed by atoms with Gasteiger partial charge in [0.25, 0.3) is 0 Å². The summed E-state index contributed by atoms with van der Waals surface area (Å²) in [5, 5.41) is 10.4. The Morgan fingerprint density at radius 1 is 1.50 bits per heavy atom. The third-order valence-electron chi connectivity index (χ3n) is 3.42. The molecule has 1 heterocycles. The number of carbonyl (C=O) groups excluding carboxylic acids is 1. The van der Waals surface area contributed by atoms with Gasteiger partial charge in [-0.2, -0.15) is 0 Å². The van der Waals surface area contributed by atoms with E-state index in [0.717, 1.165) is 36.8 Å². The van der Waals surface area contributed by atoms with E-state index in [1.54, 1.807) is 18.2 Å². The van der Waals surface area contributed by atoms with Crippen LogP contribution in [0.5, 0.6) is 5.75 Å². The lowest BCUT2D eigenvalue weighted by Crippen LogP contribution is -2.30. The van der Waals surface area contributed by atoms with Crippen LogP contribution in [-0.4, -0.2) is 34.3 Å². The van der Waals surface area contributed by atoms with Crippen molar-refractivity contribution in [2.45, 2.75) is 19.3 Å². The van der Waals surface area contributed by atoms with Crippen LogP contribution < -0.4 is 0 Å². The van der Waals surface area contributed by atoms with Gasteiger partial charge < -0.3 is 10.0 Å². The second kappa shape index (κ2) is 6.23. The SMILES string of the molecule is O=C(Cc1cccc(O)c1)N1CCC(CCBr)C1. The third-order valence-corrected chi connectivity index (χ3v) is 3.88. The highest BCUT2D eigenvalue weighted by molar-refractivity contribution is 9.09. The molecule has 3 nitrogen and oxygen atoms in total. The molecule has 0 aromatic heterocycles. The predicted molar refractivity (Wildman–Crippen MR) is 74.9 cm³/mol. The van der Waals surface area contributed by atoms with Crippen LogP contribution in [0.15, 0.2) is 24.3 Å². The summed E-state index contributed by atoms with van der Waals surface area (Å²) >= 11 is 3.45. The van der Waals surface area contributed by atoms with Crippen molar-refractivity contribution in [3.05, 3.63) is 29.8 Å². The molecular weight excluding hydrogens is 294 g/mol. The number of likely N-dealkylation sites (tertiary alicyclic amines) is 1. The van der Waals surface area contributed by atoms with Gasteiger partial charge in [0.1, 0.15) is 5.75 Å². The van der Waals surface area contributed by atoms with Gasteiger partial charge in [0, 0.05) is 18.4 Å². The van der Waals surface area contributed by atoms with Crippen molar-refractivity contribution >= 4 is 21.8 Å². The number of benzene rings is 1. The summed E-state index contributed by atoms with van der Waals surface area (Å²) in [6, 6.07) is 6.93. The van der Waals surface area contributed by atoms with Gasteiger partial charge in [0.15, 0.2) is 0 Å². The summed E-state index contributed by atoms with van der Waals surface area (Å²) in [5.74, 6) is 1.02. The lowest BCUT2D eigenvalue weighted by atomic mass is 10.1. The van der Waals surface area contributed by atoms with Crippen LogP contribution in [0, 0.1) is 5.92 Å². The largest absolute Gasteiger partial charge is 0.508 e. The quantitative estimate of drug-likeness (QED) is 0.868. The van der Waals surface area contributed by atoms with E-state index in [1.165, 1.54) is 0 Å². The minimum Gasteiger partial charge on any atom is -0.508 e. The molecule has 1 aliphatic heterocycles. The van der Waals surface area contributed by atoms with Crippen molar-refractivity contribution in [2.24, 2.45) is 5.92 Å². The molecule has 0 radical (unpaired) electrons. The monoisotopic (exact) mass is 311 g/mol. The van der Waals surface area contributed by atoms with Crippen molar-refractivity contribution in [1.82, 2.24) is 4.90 Å². The van der Waals surface area contributed by atoms with Gasteiger partial charge >= 0.3 is 0 Å². The average Bonchev–Trinajstić information content (AvgIpc) is 2.78. The van der Waals surface area contributed by atoms with Gasteiger partial charge in [-0.3, -0.25) is 4.79 Å². The Kier molecular flexibility index (Phi) is 4.64. The van der Waals surface area contributed by atoms with Crippen molar-refractivity contribution < 1.29 is 9.90 Å². The summed E-state index contributed by atoms with van der Waals surface area (Å²) < 4.78 is 0. The number of amides is 1. The molecule has 0 aliphatic carbocycles. The Morgan fingerprint density at radius 3 is 3.06 bits per heavy atom. The number of nitrogens with zero attached hydrogens (tertiary/aromatic N) is 1. The summed E-state index contributed by atoms with van der Waals surface area (Å²) in [6.07, 6.45) is 2.63. The summed E-state index contributed by atoms with van der Waals surface area (Å²) in [5.41, 5.74) is 0.879. The molecule has 0 bridgehead atoms. The molecule has 1 amide bonds. The maximum absolute atomic E-state index is 12.1. The number of phenols is 1. The van der Waals surface area contributed by atoms with Gasteiger partial charge in [-0.15, -0.1) is 0 Å². The molecule has 1 fully saturated rings. The van der Waals surface area contributed by atoms with E-state index < -0.39 is 0 Å². The fourth-order valence-electron chi connectivity index (χ4n) is 2.40. The minimum atomic E-state index is 0.165. The number of halogens is 1. The first-order chi connectivity index (χ1) is 8.69. The number of carbonyl (C=O) groups is 1. The highest BCUT2D eigenvalue weighted by Crippen LogP contribution is 2.21. The fourth-order valence-corrected chi connectivity index (χ4v) is 3.05. The first kappa shape index (κ1) is 13.4. The van der Waals surface area contributed by atoms with E-state index in [-0.39, 0.29) is 11.7 Å². The number of hydrogen-bond donors (Lipinski definition) is 1. The molecule has 1 unspecified atom stereocenters. The van der Waals surface area contributed by atoms with E-state index in [4.69, 9.17) is 0 Å². The number of alkyl halides is 1. The minimum absolute atomic E-state index is 0.165. The zero-order chi connectivity index (χ0) is 13.0. The molecule has 4 heteroatoms. The van der Waals surface area contributed by atoms with E-state index in [0.29, 0.717) is 12.3 Å². The van der Waals surface area contributed by atoms with Gasteiger partial charge in [0.05, 0.1) is 6.42 Å². The Hall–Kier alpha value is -1.03. The van der Waals surface area contributed by atoms with Crippen LogP contribution in [0.1, 0.15) is 18.4 Å². The number of aromatic hydroxyl groups is 1. The zero-order valence-electron chi connectivity index (χ0n) is 10.3. The lowest BCUT2D eigenvalue weighted by Gasteiger charge is -2.16. The molecule has 98 valence electrons. The summed E-state index contributed by atoms with van der Waals surface area (Å²) in [6.45, 7) is 1.75. The highest BCUT2D eigenvalue weighted by atomic mass is 79.9. The van der Waals surface area contributed by atoms with E-state index in [2.05, 4.69) is 15.9 Å². The normalized spacial score (nSPS) is 19.2. The molecule has 1 aromatic rings. The Bertz CT molecular complexity index is 422. The van der Waals surface area contributed by atoms with E-state index in [1.807, 2.05) is 11.0 Å². The molecule has 1 N–H and O–H groups in total. The molecule has 1 aromatic carbocycles. The van der Waals surface area contributed by atoms with Gasteiger partial charge in [-0.05, 0) is 36.5 Å². The predicted octanol–water partition coefficient (Wildman–Crippen LogP) is 2.57. The fraction of sp³-hybridized carbons (Fsp3) is 0.500. The molecular formula is C14H18BrNO2. The van der Waals surface area contributed by atoms with E-state index >= 15 is 0 Å². The molecule has 1 saturated heterocycles. The average molecular weight is 312 g/mol. The molecule has 0 spiro atoms. The Balaban J connectivity index is 1.89. The van der Waals surface area contributed by atoms with Crippen LogP contribution in [0.4, 0.5) is 0 Å². The van der Waals surface area contributed by atoms with Crippen molar-refractivity contribution in [3.63, 3.8) is 0 Å². The van der Waals surface area contributed by atoms with Crippen LogP contribution in [0.3, 0.4) is 0 Å². The van der Waals surface area contributed by atoms with Gasteiger partial charge in [-0.25, -0.2) is 0 Å². The first-order valence-corrected chi connectivity index (χ1v) is 7.43. The molecule has 1 atom stereocenters. The Labute approximate surface area is 116 Å².